The fourth-order valence-electron chi connectivity index (χ4n) is 5.31. The molecule has 1 aliphatic carbocycles. The van der Waals surface area contributed by atoms with Gasteiger partial charge in [0.1, 0.15) is 5.60 Å². The first-order chi connectivity index (χ1) is 17.5. The third-order valence-corrected chi connectivity index (χ3v) is 9.24. The Morgan fingerprint density at radius 1 is 1.00 bits per heavy atom. The second-order valence-electron chi connectivity index (χ2n) is 11.5. The Morgan fingerprint density at radius 3 is 2.22 bits per heavy atom. The SMILES string of the molecule is CCCCCCCCc1ccc(C2CC[C@@](CCP(=O)(OCC)OCC)(NC(=O)OC(C)(C)C)C2)cc1. The molecule has 2 atom stereocenters. The summed E-state index contributed by atoms with van der Waals surface area (Å²) >= 11 is 0. The molecule has 6 nitrogen and oxygen atoms in total. The molecule has 1 saturated carbocycles. The van der Waals surface area contributed by atoms with Crippen molar-refractivity contribution in [1.82, 2.24) is 5.32 Å². The van der Waals surface area contributed by atoms with Gasteiger partial charge in [0.15, 0.2) is 0 Å². The zero-order valence-corrected chi connectivity index (χ0v) is 25.2. The Labute approximate surface area is 226 Å². The van der Waals surface area contributed by atoms with E-state index in [1.54, 1.807) is 0 Å². The predicted molar refractivity (Wildman–Crippen MR) is 153 cm³/mol. The van der Waals surface area contributed by atoms with E-state index in [2.05, 4.69) is 36.5 Å². The van der Waals surface area contributed by atoms with E-state index in [1.807, 2.05) is 34.6 Å². The van der Waals surface area contributed by atoms with Crippen LogP contribution in [0.5, 0.6) is 0 Å². The number of aryl methyl sites for hydroxylation is 1. The van der Waals surface area contributed by atoms with E-state index in [9.17, 15) is 9.36 Å². The number of unbranched alkanes of at least 4 members (excludes halogenated alkanes) is 5. The van der Waals surface area contributed by atoms with Crippen molar-refractivity contribution in [2.24, 2.45) is 0 Å². The molecule has 0 aliphatic heterocycles. The number of carbonyl (C=O) groups is 1. The first kappa shape index (κ1) is 31.9. The van der Waals surface area contributed by atoms with E-state index >= 15 is 0 Å². The van der Waals surface area contributed by atoms with Crippen molar-refractivity contribution in [2.45, 2.75) is 129 Å². The summed E-state index contributed by atoms with van der Waals surface area (Å²) in [5.74, 6) is 0.330. The summed E-state index contributed by atoms with van der Waals surface area (Å²) in [4.78, 5) is 12.8. The van der Waals surface area contributed by atoms with Crippen LogP contribution in [0.3, 0.4) is 0 Å². The fourth-order valence-corrected chi connectivity index (χ4v) is 7.13. The topological polar surface area (TPSA) is 73.9 Å². The molecule has 0 radical (unpaired) electrons. The molecule has 1 unspecified atom stereocenters. The lowest BCUT2D eigenvalue weighted by Crippen LogP contribution is -2.49. The van der Waals surface area contributed by atoms with Crippen LogP contribution in [0, 0.1) is 0 Å². The van der Waals surface area contributed by atoms with Crippen LogP contribution in [0.1, 0.15) is 123 Å². The molecule has 1 N–H and O–H groups in total. The maximum absolute atomic E-state index is 13.2. The van der Waals surface area contributed by atoms with E-state index in [1.165, 1.54) is 49.7 Å². The number of carbonyl (C=O) groups excluding carboxylic acids is 1. The van der Waals surface area contributed by atoms with Gasteiger partial charge in [0.25, 0.3) is 0 Å². The van der Waals surface area contributed by atoms with Gasteiger partial charge in [-0.05, 0) is 90.2 Å². The van der Waals surface area contributed by atoms with Crippen molar-refractivity contribution in [3.8, 4) is 0 Å². The van der Waals surface area contributed by atoms with Gasteiger partial charge >= 0.3 is 13.7 Å². The Hall–Kier alpha value is -1.36. The highest BCUT2D eigenvalue weighted by Gasteiger charge is 2.43. The Bertz CT molecular complexity index is 841. The summed E-state index contributed by atoms with van der Waals surface area (Å²) in [6, 6.07) is 9.04. The number of hydrogen-bond acceptors (Lipinski definition) is 5. The molecule has 0 heterocycles. The fraction of sp³-hybridized carbons (Fsp3) is 0.767. The maximum atomic E-state index is 13.2. The van der Waals surface area contributed by atoms with Crippen molar-refractivity contribution in [2.75, 3.05) is 19.4 Å². The van der Waals surface area contributed by atoms with Gasteiger partial charge in [-0.15, -0.1) is 0 Å². The van der Waals surface area contributed by atoms with Crippen molar-refractivity contribution >= 4 is 13.7 Å². The average Bonchev–Trinajstić information content (AvgIpc) is 3.24. The Morgan fingerprint density at radius 2 is 1.62 bits per heavy atom. The highest BCUT2D eigenvalue weighted by molar-refractivity contribution is 7.53. The van der Waals surface area contributed by atoms with Crippen LogP contribution in [0.25, 0.3) is 0 Å². The average molecular weight is 538 g/mol. The zero-order valence-electron chi connectivity index (χ0n) is 24.3. The molecule has 1 aromatic rings. The normalized spacial score (nSPS) is 20.2. The smallest absolute Gasteiger partial charge is 0.408 e. The van der Waals surface area contributed by atoms with E-state index in [-0.39, 0.29) is 6.16 Å². The molecule has 212 valence electrons. The van der Waals surface area contributed by atoms with Gasteiger partial charge in [0, 0.05) is 5.54 Å². The zero-order chi connectivity index (χ0) is 27.4. The summed E-state index contributed by atoms with van der Waals surface area (Å²) in [7, 11) is -3.21. The number of benzene rings is 1. The quantitative estimate of drug-likeness (QED) is 0.168. The largest absolute Gasteiger partial charge is 0.444 e. The van der Waals surface area contributed by atoms with E-state index in [0.717, 1.165) is 25.7 Å². The molecule has 0 bridgehead atoms. The van der Waals surface area contributed by atoms with E-state index < -0.39 is 24.8 Å². The number of alkyl carbamates (subject to hydrolysis) is 1. The molecular weight excluding hydrogens is 485 g/mol. The predicted octanol–water partition coefficient (Wildman–Crippen LogP) is 8.78. The van der Waals surface area contributed by atoms with Crippen molar-refractivity contribution in [1.29, 1.82) is 0 Å². The highest BCUT2D eigenvalue weighted by atomic mass is 31.2. The lowest BCUT2D eigenvalue weighted by molar-refractivity contribution is 0.0451. The maximum Gasteiger partial charge on any atom is 0.408 e. The van der Waals surface area contributed by atoms with E-state index in [4.69, 9.17) is 13.8 Å². The lowest BCUT2D eigenvalue weighted by Gasteiger charge is -2.33. The first-order valence-electron chi connectivity index (χ1n) is 14.5. The summed E-state index contributed by atoms with van der Waals surface area (Å²) < 4.78 is 29.8. The minimum atomic E-state index is -3.21. The number of amides is 1. The number of hydrogen-bond donors (Lipinski definition) is 1. The molecule has 2 rings (SSSR count). The second-order valence-corrected chi connectivity index (χ2v) is 13.7. The van der Waals surface area contributed by atoms with Crippen LogP contribution in [0.4, 0.5) is 4.79 Å². The monoisotopic (exact) mass is 537 g/mol. The molecule has 37 heavy (non-hydrogen) atoms. The standard InChI is InChI=1S/C30H52NO5P/c1-7-10-11-12-13-14-15-25-16-18-26(19-17-25)27-20-21-30(24-27,31-28(32)36-29(4,5)6)22-23-37(33,34-8-2)35-9-3/h16-19,27H,7-15,20-24H2,1-6H3,(H,31,32)/t27?,30-/m0/s1. The molecule has 1 fully saturated rings. The molecule has 0 spiro atoms. The third kappa shape index (κ3) is 11.5. The number of ether oxygens (including phenoxy) is 1. The molecule has 1 amide bonds. The Balaban J connectivity index is 2.06. The van der Waals surface area contributed by atoms with Gasteiger partial charge in [-0.1, -0.05) is 63.3 Å². The van der Waals surface area contributed by atoms with Crippen LogP contribution in [-0.4, -0.2) is 36.6 Å². The van der Waals surface area contributed by atoms with Crippen LogP contribution < -0.4 is 5.32 Å². The van der Waals surface area contributed by atoms with E-state index in [0.29, 0.717) is 25.6 Å². The van der Waals surface area contributed by atoms with Crippen molar-refractivity contribution in [3.63, 3.8) is 0 Å². The van der Waals surface area contributed by atoms with Crippen LogP contribution in [-0.2, 0) is 24.8 Å². The summed E-state index contributed by atoms with van der Waals surface area (Å²) in [5.41, 5.74) is 1.61. The van der Waals surface area contributed by atoms with Gasteiger partial charge in [-0.3, -0.25) is 4.57 Å². The molecule has 1 aromatic carbocycles. The molecule has 7 heteroatoms. The summed E-state index contributed by atoms with van der Waals surface area (Å²) in [6.07, 6.45) is 11.9. The first-order valence-corrected chi connectivity index (χ1v) is 16.2. The van der Waals surface area contributed by atoms with Crippen molar-refractivity contribution < 1.29 is 23.1 Å². The number of nitrogens with one attached hydrogen (secondary N) is 1. The number of rotatable bonds is 16. The van der Waals surface area contributed by atoms with Crippen LogP contribution >= 0.6 is 7.60 Å². The minimum Gasteiger partial charge on any atom is -0.444 e. The van der Waals surface area contributed by atoms with Crippen LogP contribution in [0.15, 0.2) is 24.3 Å². The van der Waals surface area contributed by atoms with Gasteiger partial charge in [0.05, 0.1) is 19.4 Å². The molecule has 1 aliphatic rings. The lowest BCUT2D eigenvalue weighted by atomic mass is 9.90. The highest BCUT2D eigenvalue weighted by Crippen LogP contribution is 2.52. The van der Waals surface area contributed by atoms with Gasteiger partial charge in [-0.2, -0.15) is 0 Å². The molecule has 0 aromatic heterocycles. The Kier molecular flexibility index (Phi) is 13.2. The van der Waals surface area contributed by atoms with Crippen LogP contribution in [0.2, 0.25) is 0 Å². The summed E-state index contributed by atoms with van der Waals surface area (Å²) in [6.45, 7) is 12.1. The second kappa shape index (κ2) is 15.3. The molecule has 0 saturated heterocycles. The van der Waals surface area contributed by atoms with Gasteiger partial charge < -0.3 is 19.1 Å². The minimum absolute atomic E-state index is 0.272. The van der Waals surface area contributed by atoms with Crippen molar-refractivity contribution in [3.05, 3.63) is 35.4 Å². The van der Waals surface area contributed by atoms with Gasteiger partial charge in [0.2, 0.25) is 0 Å². The molecular formula is C30H52NO5P. The van der Waals surface area contributed by atoms with Gasteiger partial charge in [-0.25, -0.2) is 4.79 Å². The summed E-state index contributed by atoms with van der Waals surface area (Å²) in [5, 5.41) is 3.17. The third-order valence-electron chi connectivity index (χ3n) is 7.16.